The number of amides is 1. The molecule has 0 radical (unpaired) electrons. The molecule has 1 amide bonds. The maximum Gasteiger partial charge on any atom is 0.251 e. The van der Waals surface area contributed by atoms with Gasteiger partial charge in [-0.2, -0.15) is 0 Å². The summed E-state index contributed by atoms with van der Waals surface area (Å²) in [6.45, 7) is 5.00. The van der Waals surface area contributed by atoms with Crippen molar-refractivity contribution in [3.63, 3.8) is 0 Å². The van der Waals surface area contributed by atoms with Gasteiger partial charge in [0.05, 0.1) is 6.10 Å². The number of carbonyl (C=O) groups excluding carboxylic acids is 1. The summed E-state index contributed by atoms with van der Waals surface area (Å²) in [5.41, 5.74) is 5.60. The SMILES string of the molecule is NC[C@H]1CC[C@@H](C(=O)N2CCN(Cc3cccs3)CC2)O1. The highest BCUT2D eigenvalue weighted by Crippen LogP contribution is 2.21. The van der Waals surface area contributed by atoms with E-state index in [1.165, 1.54) is 4.88 Å². The van der Waals surface area contributed by atoms with Gasteiger partial charge in [0, 0.05) is 44.1 Å². The van der Waals surface area contributed by atoms with E-state index in [4.69, 9.17) is 10.5 Å². The van der Waals surface area contributed by atoms with E-state index < -0.39 is 0 Å². The normalized spacial score (nSPS) is 27.2. The molecule has 6 heteroatoms. The van der Waals surface area contributed by atoms with Gasteiger partial charge in [-0.1, -0.05) is 6.07 Å². The van der Waals surface area contributed by atoms with Crippen molar-refractivity contribution < 1.29 is 9.53 Å². The Kier molecular flexibility index (Phi) is 4.90. The molecular formula is C15H23N3O2S. The Morgan fingerprint density at radius 2 is 2.14 bits per heavy atom. The summed E-state index contributed by atoms with van der Waals surface area (Å²) in [7, 11) is 0. The van der Waals surface area contributed by atoms with Crippen LogP contribution in [0.15, 0.2) is 17.5 Å². The Hall–Kier alpha value is -0.950. The minimum Gasteiger partial charge on any atom is -0.364 e. The first kappa shape index (κ1) is 15.0. The molecule has 2 aliphatic heterocycles. The maximum atomic E-state index is 12.4. The first-order valence-electron chi connectivity index (χ1n) is 7.65. The second-order valence-corrected chi connectivity index (χ2v) is 6.77. The number of ether oxygens (including phenoxy) is 1. The average molecular weight is 309 g/mol. The smallest absolute Gasteiger partial charge is 0.251 e. The molecule has 0 bridgehead atoms. The van der Waals surface area contributed by atoms with Crippen molar-refractivity contribution in [1.82, 2.24) is 9.80 Å². The molecule has 0 aromatic carbocycles. The largest absolute Gasteiger partial charge is 0.364 e. The molecule has 5 nitrogen and oxygen atoms in total. The summed E-state index contributed by atoms with van der Waals surface area (Å²) in [6, 6.07) is 4.26. The predicted octanol–water partition coefficient (Wildman–Crippen LogP) is 0.899. The second kappa shape index (κ2) is 6.87. The van der Waals surface area contributed by atoms with Crippen molar-refractivity contribution in [3.8, 4) is 0 Å². The van der Waals surface area contributed by atoms with Crippen molar-refractivity contribution in [2.24, 2.45) is 5.73 Å². The fraction of sp³-hybridized carbons (Fsp3) is 0.667. The number of nitrogens with zero attached hydrogens (tertiary/aromatic N) is 2. The van der Waals surface area contributed by atoms with Crippen LogP contribution in [0.4, 0.5) is 0 Å². The number of thiophene rings is 1. The lowest BCUT2D eigenvalue weighted by Gasteiger charge is -2.35. The van der Waals surface area contributed by atoms with Gasteiger partial charge in [0.1, 0.15) is 6.10 Å². The quantitative estimate of drug-likeness (QED) is 0.898. The van der Waals surface area contributed by atoms with Gasteiger partial charge in [0.15, 0.2) is 0 Å². The van der Waals surface area contributed by atoms with Crippen molar-refractivity contribution in [2.45, 2.75) is 31.6 Å². The highest BCUT2D eigenvalue weighted by molar-refractivity contribution is 7.09. The summed E-state index contributed by atoms with van der Waals surface area (Å²) >= 11 is 1.79. The summed E-state index contributed by atoms with van der Waals surface area (Å²) in [5, 5.41) is 2.11. The third-order valence-electron chi connectivity index (χ3n) is 4.29. The Morgan fingerprint density at radius 1 is 1.33 bits per heavy atom. The van der Waals surface area contributed by atoms with Crippen molar-refractivity contribution in [1.29, 1.82) is 0 Å². The molecule has 2 atom stereocenters. The molecule has 2 N–H and O–H groups in total. The fourth-order valence-corrected chi connectivity index (χ4v) is 3.76. The van der Waals surface area contributed by atoms with Crippen LogP contribution in [0.2, 0.25) is 0 Å². The third-order valence-corrected chi connectivity index (χ3v) is 5.15. The first-order chi connectivity index (χ1) is 10.3. The molecule has 0 saturated carbocycles. The number of hydrogen-bond acceptors (Lipinski definition) is 5. The van der Waals surface area contributed by atoms with E-state index in [0.717, 1.165) is 45.6 Å². The Morgan fingerprint density at radius 3 is 2.76 bits per heavy atom. The van der Waals surface area contributed by atoms with Gasteiger partial charge in [0.25, 0.3) is 5.91 Å². The van der Waals surface area contributed by atoms with E-state index in [0.29, 0.717) is 6.54 Å². The van der Waals surface area contributed by atoms with E-state index in [9.17, 15) is 4.79 Å². The molecule has 2 aliphatic rings. The Balaban J connectivity index is 1.46. The number of hydrogen-bond donors (Lipinski definition) is 1. The van der Waals surface area contributed by atoms with E-state index >= 15 is 0 Å². The summed E-state index contributed by atoms with van der Waals surface area (Å²) in [4.78, 5) is 18.2. The molecule has 0 unspecified atom stereocenters. The molecule has 1 aromatic rings. The molecular weight excluding hydrogens is 286 g/mol. The minimum atomic E-state index is -0.262. The fourth-order valence-electron chi connectivity index (χ4n) is 3.01. The lowest BCUT2D eigenvalue weighted by molar-refractivity contribution is -0.144. The zero-order valence-corrected chi connectivity index (χ0v) is 13.1. The number of carbonyl (C=O) groups is 1. The molecule has 2 fully saturated rings. The van der Waals surface area contributed by atoms with Gasteiger partial charge in [-0.05, 0) is 24.3 Å². The van der Waals surface area contributed by atoms with Crippen molar-refractivity contribution >= 4 is 17.2 Å². The number of nitrogens with two attached hydrogens (primary N) is 1. The first-order valence-corrected chi connectivity index (χ1v) is 8.53. The zero-order chi connectivity index (χ0) is 14.7. The maximum absolute atomic E-state index is 12.4. The van der Waals surface area contributed by atoms with Gasteiger partial charge in [-0.3, -0.25) is 9.69 Å². The average Bonchev–Trinajstić information content (AvgIpc) is 3.18. The summed E-state index contributed by atoms with van der Waals surface area (Å²) in [5.74, 6) is 0.154. The number of piperazine rings is 1. The van der Waals surface area contributed by atoms with E-state index in [1.54, 1.807) is 11.3 Å². The minimum absolute atomic E-state index is 0.0686. The standard InChI is InChI=1S/C15H23N3O2S/c16-10-12-3-4-14(20-12)15(19)18-7-5-17(6-8-18)11-13-2-1-9-21-13/h1-2,9,12,14H,3-8,10-11,16H2/t12-,14+/m1/s1. The lowest BCUT2D eigenvalue weighted by Crippen LogP contribution is -2.51. The van der Waals surface area contributed by atoms with Crippen molar-refractivity contribution in [3.05, 3.63) is 22.4 Å². The Bertz CT molecular complexity index is 457. The van der Waals surface area contributed by atoms with Crippen LogP contribution in [-0.2, 0) is 16.1 Å². The van der Waals surface area contributed by atoms with Crippen LogP contribution in [0, 0.1) is 0 Å². The zero-order valence-electron chi connectivity index (χ0n) is 12.2. The van der Waals surface area contributed by atoms with Gasteiger partial charge in [0.2, 0.25) is 0 Å². The van der Waals surface area contributed by atoms with Gasteiger partial charge in [-0.15, -0.1) is 11.3 Å². The topological polar surface area (TPSA) is 58.8 Å². The van der Waals surface area contributed by atoms with Crippen LogP contribution < -0.4 is 5.73 Å². The van der Waals surface area contributed by atoms with E-state index in [-0.39, 0.29) is 18.1 Å². The van der Waals surface area contributed by atoms with Gasteiger partial charge >= 0.3 is 0 Å². The summed E-state index contributed by atoms with van der Waals surface area (Å²) in [6.07, 6.45) is 1.53. The van der Waals surface area contributed by atoms with Crippen LogP contribution in [-0.4, -0.2) is 60.6 Å². The molecule has 1 aromatic heterocycles. The van der Waals surface area contributed by atoms with Crippen LogP contribution in [0.25, 0.3) is 0 Å². The van der Waals surface area contributed by atoms with E-state index in [1.807, 2.05) is 4.90 Å². The third kappa shape index (κ3) is 3.63. The van der Waals surface area contributed by atoms with Crippen LogP contribution in [0.1, 0.15) is 17.7 Å². The monoisotopic (exact) mass is 309 g/mol. The molecule has 116 valence electrons. The highest BCUT2D eigenvalue weighted by Gasteiger charge is 2.34. The van der Waals surface area contributed by atoms with Crippen LogP contribution >= 0.6 is 11.3 Å². The molecule has 0 spiro atoms. The molecule has 0 aliphatic carbocycles. The second-order valence-electron chi connectivity index (χ2n) is 5.74. The van der Waals surface area contributed by atoms with E-state index in [2.05, 4.69) is 22.4 Å². The highest BCUT2D eigenvalue weighted by atomic mass is 32.1. The molecule has 21 heavy (non-hydrogen) atoms. The predicted molar refractivity (Wildman–Crippen MR) is 83.1 cm³/mol. The van der Waals surface area contributed by atoms with Crippen molar-refractivity contribution in [2.75, 3.05) is 32.7 Å². The lowest BCUT2D eigenvalue weighted by atomic mass is 10.1. The molecule has 2 saturated heterocycles. The molecule has 3 heterocycles. The van der Waals surface area contributed by atoms with Crippen LogP contribution in [0.3, 0.4) is 0 Å². The Labute approximate surface area is 129 Å². The van der Waals surface area contributed by atoms with Gasteiger partial charge < -0.3 is 15.4 Å². The number of rotatable bonds is 4. The molecule has 3 rings (SSSR count). The van der Waals surface area contributed by atoms with Crippen LogP contribution in [0.5, 0.6) is 0 Å². The van der Waals surface area contributed by atoms with Gasteiger partial charge in [-0.25, -0.2) is 0 Å². The summed E-state index contributed by atoms with van der Waals surface area (Å²) < 4.78 is 5.71.